The van der Waals surface area contributed by atoms with Gasteiger partial charge in [0.15, 0.2) is 0 Å². The monoisotopic (exact) mass is 246 g/mol. The van der Waals surface area contributed by atoms with Crippen molar-refractivity contribution in [2.45, 2.75) is 57.5 Å². The van der Waals surface area contributed by atoms with E-state index in [-0.39, 0.29) is 11.0 Å². The first-order valence-corrected chi connectivity index (χ1v) is 6.81. The largest absolute Gasteiger partial charge is 0.364 e. The lowest BCUT2D eigenvalue weighted by Crippen LogP contribution is -2.30. The van der Waals surface area contributed by atoms with Gasteiger partial charge >= 0.3 is 0 Å². The molecule has 3 heteroatoms. The molecule has 1 aliphatic carbocycles. The first-order valence-electron chi connectivity index (χ1n) is 6.81. The zero-order valence-electron chi connectivity index (χ0n) is 11.8. The van der Waals surface area contributed by atoms with Gasteiger partial charge in [-0.05, 0) is 18.8 Å². The average molecular weight is 246 g/mol. The Hall–Kier alpha value is -1.09. The summed E-state index contributed by atoms with van der Waals surface area (Å²) in [5, 5.41) is 4.80. The van der Waals surface area contributed by atoms with Gasteiger partial charge in [0.25, 0.3) is 0 Å². The van der Waals surface area contributed by atoms with Gasteiger partial charge in [0.05, 0.1) is 18.0 Å². The Kier molecular flexibility index (Phi) is 2.31. The second-order valence-corrected chi connectivity index (χ2v) is 6.56. The lowest BCUT2D eigenvalue weighted by atomic mass is 9.71. The zero-order valence-corrected chi connectivity index (χ0v) is 11.8. The Bertz CT molecular complexity index is 507. The summed E-state index contributed by atoms with van der Waals surface area (Å²) in [4.78, 5) is 0. The van der Waals surface area contributed by atoms with Gasteiger partial charge in [0.2, 0.25) is 0 Å². The highest BCUT2D eigenvalue weighted by molar-refractivity contribution is 5.46. The van der Waals surface area contributed by atoms with Crippen molar-refractivity contribution < 1.29 is 4.74 Å². The molecule has 3 rings (SSSR count). The van der Waals surface area contributed by atoms with Gasteiger partial charge in [0.1, 0.15) is 5.60 Å². The molecule has 18 heavy (non-hydrogen) atoms. The standard InChI is InChI=1S/C15H22N2O/c1-6-17-12(10(2)3)11-13(16-17)14(4,5)7-8-15(11)9-18-15/h6,10H,1,7-9H2,2-5H3/t15-/m0/s1. The third-order valence-corrected chi connectivity index (χ3v) is 4.41. The molecule has 0 unspecified atom stereocenters. The van der Waals surface area contributed by atoms with Crippen LogP contribution in [0.2, 0.25) is 0 Å². The Labute approximate surface area is 109 Å². The van der Waals surface area contributed by atoms with Gasteiger partial charge in [-0.3, -0.25) is 0 Å². The maximum atomic E-state index is 5.82. The Morgan fingerprint density at radius 1 is 1.39 bits per heavy atom. The molecule has 0 amide bonds. The topological polar surface area (TPSA) is 30.4 Å². The summed E-state index contributed by atoms with van der Waals surface area (Å²) in [5.41, 5.74) is 3.98. The molecule has 0 bridgehead atoms. The molecule has 1 atom stereocenters. The molecular weight excluding hydrogens is 224 g/mol. The molecule has 2 aliphatic rings. The van der Waals surface area contributed by atoms with E-state index in [0.29, 0.717) is 5.92 Å². The molecular formula is C15H22N2O. The van der Waals surface area contributed by atoms with Crippen LogP contribution in [-0.2, 0) is 15.8 Å². The minimum atomic E-state index is -0.0221. The number of nitrogens with zero attached hydrogens (tertiary/aromatic N) is 2. The summed E-state index contributed by atoms with van der Waals surface area (Å²) in [7, 11) is 0. The van der Waals surface area contributed by atoms with Crippen LogP contribution < -0.4 is 0 Å². The van der Waals surface area contributed by atoms with Crippen LogP contribution in [0.4, 0.5) is 0 Å². The van der Waals surface area contributed by atoms with Crippen molar-refractivity contribution in [1.82, 2.24) is 9.78 Å². The van der Waals surface area contributed by atoms with Gasteiger partial charge < -0.3 is 4.74 Å². The summed E-state index contributed by atoms with van der Waals surface area (Å²) < 4.78 is 7.78. The van der Waals surface area contributed by atoms with E-state index in [0.717, 1.165) is 19.4 Å². The van der Waals surface area contributed by atoms with Crippen molar-refractivity contribution in [2.75, 3.05) is 6.61 Å². The minimum Gasteiger partial charge on any atom is -0.364 e. The lowest BCUT2D eigenvalue weighted by Gasteiger charge is -2.32. The van der Waals surface area contributed by atoms with Crippen LogP contribution in [0.25, 0.3) is 6.20 Å². The van der Waals surface area contributed by atoms with Crippen LogP contribution in [0.1, 0.15) is 63.4 Å². The highest BCUT2D eigenvalue weighted by Gasteiger charge is 2.56. The van der Waals surface area contributed by atoms with Crippen LogP contribution in [0, 0.1) is 0 Å². The second-order valence-electron chi connectivity index (χ2n) is 6.56. The van der Waals surface area contributed by atoms with E-state index < -0.39 is 0 Å². The van der Waals surface area contributed by atoms with Gasteiger partial charge in [-0.2, -0.15) is 5.10 Å². The lowest BCUT2D eigenvalue weighted by molar-refractivity contribution is 0.241. The molecule has 0 aromatic carbocycles. The number of fused-ring (bicyclic) bond motifs is 2. The van der Waals surface area contributed by atoms with E-state index in [1.165, 1.54) is 17.0 Å². The summed E-state index contributed by atoms with van der Waals surface area (Å²) in [6, 6.07) is 0. The normalized spacial score (nSPS) is 28.5. The third-order valence-electron chi connectivity index (χ3n) is 4.41. The predicted octanol–water partition coefficient (Wildman–Crippen LogP) is 3.40. The van der Waals surface area contributed by atoms with Crippen LogP contribution >= 0.6 is 0 Å². The minimum absolute atomic E-state index is 0.0221. The van der Waals surface area contributed by atoms with E-state index >= 15 is 0 Å². The Balaban J connectivity index is 2.28. The van der Waals surface area contributed by atoms with E-state index in [2.05, 4.69) is 34.3 Å². The van der Waals surface area contributed by atoms with Crippen molar-refractivity contribution in [3.8, 4) is 0 Å². The zero-order chi connectivity index (χ0) is 13.1. The van der Waals surface area contributed by atoms with E-state index in [4.69, 9.17) is 9.84 Å². The molecule has 1 fully saturated rings. The Morgan fingerprint density at radius 2 is 2.06 bits per heavy atom. The average Bonchev–Trinajstić information content (AvgIpc) is 2.95. The molecule has 0 N–H and O–H groups in total. The second kappa shape index (κ2) is 3.47. The molecule has 3 nitrogen and oxygen atoms in total. The fourth-order valence-corrected chi connectivity index (χ4v) is 3.20. The van der Waals surface area contributed by atoms with Crippen LogP contribution in [-0.4, -0.2) is 16.4 Å². The van der Waals surface area contributed by atoms with Crippen molar-refractivity contribution in [3.63, 3.8) is 0 Å². The summed E-state index contributed by atoms with van der Waals surface area (Å²) in [6.45, 7) is 13.8. The molecule has 1 saturated heterocycles. The molecule has 0 radical (unpaired) electrons. The maximum absolute atomic E-state index is 5.82. The first-order chi connectivity index (χ1) is 8.41. The summed E-state index contributed by atoms with van der Waals surface area (Å²) in [6.07, 6.45) is 4.08. The number of hydrogen-bond donors (Lipinski definition) is 0. The maximum Gasteiger partial charge on any atom is 0.120 e. The number of aromatic nitrogens is 2. The SMILES string of the molecule is C=Cn1nc2c(c1C(C)C)[C@]1(CCC2(C)C)CO1. The fourth-order valence-electron chi connectivity index (χ4n) is 3.20. The molecule has 0 saturated carbocycles. The van der Waals surface area contributed by atoms with Crippen LogP contribution in [0.15, 0.2) is 6.58 Å². The smallest absolute Gasteiger partial charge is 0.120 e. The molecule has 1 aromatic heterocycles. The van der Waals surface area contributed by atoms with Crippen LogP contribution in [0.5, 0.6) is 0 Å². The van der Waals surface area contributed by atoms with E-state index in [1.807, 2.05) is 10.9 Å². The predicted molar refractivity (Wildman–Crippen MR) is 72.6 cm³/mol. The third kappa shape index (κ3) is 1.43. The quantitative estimate of drug-likeness (QED) is 0.749. The number of hydrogen-bond acceptors (Lipinski definition) is 2. The molecule has 98 valence electrons. The first kappa shape index (κ1) is 12.0. The summed E-state index contributed by atoms with van der Waals surface area (Å²) in [5.74, 6) is 0.439. The molecule has 1 aliphatic heterocycles. The van der Waals surface area contributed by atoms with Gasteiger partial charge in [0, 0.05) is 17.2 Å². The highest BCUT2D eigenvalue weighted by atomic mass is 16.6. The van der Waals surface area contributed by atoms with Gasteiger partial charge in [-0.15, -0.1) is 0 Å². The molecule has 1 aromatic rings. The van der Waals surface area contributed by atoms with Crippen molar-refractivity contribution in [2.24, 2.45) is 0 Å². The van der Waals surface area contributed by atoms with E-state index in [9.17, 15) is 0 Å². The molecule has 2 heterocycles. The van der Waals surface area contributed by atoms with Gasteiger partial charge in [-0.1, -0.05) is 34.3 Å². The Morgan fingerprint density at radius 3 is 2.56 bits per heavy atom. The van der Waals surface area contributed by atoms with Crippen molar-refractivity contribution >= 4 is 6.20 Å². The van der Waals surface area contributed by atoms with Crippen molar-refractivity contribution in [1.29, 1.82) is 0 Å². The van der Waals surface area contributed by atoms with Gasteiger partial charge in [-0.25, -0.2) is 4.68 Å². The number of ether oxygens (including phenoxy) is 1. The molecule has 1 spiro atoms. The fraction of sp³-hybridized carbons (Fsp3) is 0.667. The van der Waals surface area contributed by atoms with Crippen molar-refractivity contribution in [3.05, 3.63) is 23.5 Å². The highest BCUT2D eigenvalue weighted by Crippen LogP contribution is 2.55. The number of rotatable bonds is 2. The number of epoxide rings is 1. The summed E-state index contributed by atoms with van der Waals surface area (Å²) >= 11 is 0. The van der Waals surface area contributed by atoms with Crippen LogP contribution in [0.3, 0.4) is 0 Å². The van der Waals surface area contributed by atoms with E-state index in [1.54, 1.807) is 0 Å².